The summed E-state index contributed by atoms with van der Waals surface area (Å²) >= 11 is 0. The molecule has 3 aromatic carbocycles. The fourth-order valence-electron chi connectivity index (χ4n) is 3.65. The van der Waals surface area contributed by atoms with Crippen LogP contribution < -0.4 is 15.0 Å². The van der Waals surface area contributed by atoms with Crippen LogP contribution in [0.4, 0.5) is 10.5 Å². The number of benzene rings is 3. The monoisotopic (exact) mass is 484 g/mol. The van der Waals surface area contributed by atoms with E-state index in [4.69, 9.17) is 9.47 Å². The maximum absolute atomic E-state index is 13.1. The number of imide groups is 2. The van der Waals surface area contributed by atoms with Crippen LogP contribution in [0.1, 0.15) is 34.0 Å². The summed E-state index contributed by atoms with van der Waals surface area (Å²) in [7, 11) is 0. The first-order valence-electron chi connectivity index (χ1n) is 11.3. The molecule has 0 saturated carbocycles. The highest BCUT2D eigenvalue weighted by Crippen LogP contribution is 2.23. The van der Waals surface area contributed by atoms with Gasteiger partial charge in [0.05, 0.1) is 17.9 Å². The third-order valence-electron chi connectivity index (χ3n) is 5.42. The first kappa shape index (κ1) is 24.4. The van der Waals surface area contributed by atoms with E-state index in [9.17, 15) is 19.2 Å². The van der Waals surface area contributed by atoms with Crippen molar-refractivity contribution in [2.75, 3.05) is 11.5 Å². The van der Waals surface area contributed by atoms with Crippen molar-refractivity contribution in [2.24, 2.45) is 0 Å². The Morgan fingerprint density at radius 2 is 1.69 bits per heavy atom. The van der Waals surface area contributed by atoms with E-state index in [2.05, 4.69) is 5.32 Å². The fraction of sp³-hybridized carbons (Fsp3) is 0.143. The summed E-state index contributed by atoms with van der Waals surface area (Å²) in [6, 6.07) is 19.8. The van der Waals surface area contributed by atoms with Crippen molar-refractivity contribution < 1.29 is 28.7 Å². The van der Waals surface area contributed by atoms with Crippen LogP contribution >= 0.6 is 0 Å². The van der Waals surface area contributed by atoms with Gasteiger partial charge in [-0.25, -0.2) is 14.5 Å². The minimum atomic E-state index is -0.870. The Morgan fingerprint density at radius 3 is 2.36 bits per heavy atom. The molecule has 0 spiro atoms. The van der Waals surface area contributed by atoms with Gasteiger partial charge in [-0.3, -0.25) is 14.9 Å². The van der Waals surface area contributed by atoms with Crippen molar-refractivity contribution in [2.45, 2.75) is 20.5 Å². The lowest BCUT2D eigenvalue weighted by molar-refractivity contribution is -0.122. The van der Waals surface area contributed by atoms with Gasteiger partial charge in [-0.2, -0.15) is 0 Å². The van der Waals surface area contributed by atoms with Crippen molar-refractivity contribution in [3.8, 4) is 5.75 Å². The smallest absolute Gasteiger partial charge is 0.338 e. The normalized spacial score (nSPS) is 14.6. The molecular formula is C28H24N2O6. The van der Waals surface area contributed by atoms with E-state index in [0.29, 0.717) is 17.9 Å². The van der Waals surface area contributed by atoms with Crippen LogP contribution in [0.25, 0.3) is 6.08 Å². The Balaban J connectivity index is 1.50. The lowest BCUT2D eigenvalue weighted by Gasteiger charge is -2.26. The van der Waals surface area contributed by atoms with Crippen molar-refractivity contribution in [3.05, 3.63) is 101 Å². The first-order valence-corrected chi connectivity index (χ1v) is 11.3. The van der Waals surface area contributed by atoms with Crippen LogP contribution in [-0.2, 0) is 20.9 Å². The van der Waals surface area contributed by atoms with Gasteiger partial charge in [0.15, 0.2) is 0 Å². The summed E-state index contributed by atoms with van der Waals surface area (Å²) in [6.45, 7) is 4.35. The van der Waals surface area contributed by atoms with Crippen LogP contribution in [0.3, 0.4) is 0 Å². The van der Waals surface area contributed by atoms with Crippen molar-refractivity contribution >= 4 is 35.6 Å². The number of ether oxygens (including phenoxy) is 2. The molecule has 0 aromatic heterocycles. The number of carbonyl (C=O) groups excluding carboxylic acids is 4. The topological polar surface area (TPSA) is 102 Å². The van der Waals surface area contributed by atoms with Crippen molar-refractivity contribution in [1.82, 2.24) is 5.32 Å². The molecule has 0 unspecified atom stereocenters. The number of rotatable bonds is 7. The predicted octanol–water partition coefficient (Wildman–Crippen LogP) is 4.42. The third-order valence-corrected chi connectivity index (χ3v) is 5.42. The van der Waals surface area contributed by atoms with Gasteiger partial charge in [0.25, 0.3) is 11.8 Å². The molecule has 1 aliphatic rings. The molecule has 1 saturated heterocycles. The van der Waals surface area contributed by atoms with Crippen LogP contribution in [0.15, 0.2) is 78.4 Å². The Hall–Kier alpha value is -4.72. The molecular weight excluding hydrogens is 460 g/mol. The molecule has 3 aromatic rings. The van der Waals surface area contributed by atoms with E-state index in [-0.39, 0.29) is 23.4 Å². The number of amides is 4. The summed E-state index contributed by atoms with van der Waals surface area (Å²) in [6.07, 6.45) is 1.41. The van der Waals surface area contributed by atoms with Gasteiger partial charge in [0.2, 0.25) is 0 Å². The number of urea groups is 1. The predicted molar refractivity (Wildman–Crippen MR) is 133 cm³/mol. The van der Waals surface area contributed by atoms with Crippen LogP contribution in [0.5, 0.6) is 5.75 Å². The number of hydrogen-bond acceptors (Lipinski definition) is 6. The molecule has 1 heterocycles. The van der Waals surface area contributed by atoms with E-state index in [1.54, 1.807) is 31.2 Å². The molecule has 182 valence electrons. The highest BCUT2D eigenvalue weighted by Gasteiger charge is 2.36. The largest absolute Gasteiger partial charge is 0.489 e. The van der Waals surface area contributed by atoms with Gasteiger partial charge >= 0.3 is 12.0 Å². The zero-order valence-corrected chi connectivity index (χ0v) is 19.8. The average molecular weight is 485 g/mol. The number of esters is 1. The number of nitrogens with one attached hydrogen (secondary N) is 1. The number of hydrogen-bond donors (Lipinski definition) is 1. The highest BCUT2D eigenvalue weighted by atomic mass is 16.5. The maximum atomic E-state index is 13.1. The lowest BCUT2D eigenvalue weighted by atomic mass is 10.1. The minimum Gasteiger partial charge on any atom is -0.489 e. The maximum Gasteiger partial charge on any atom is 0.338 e. The Morgan fingerprint density at radius 1 is 0.972 bits per heavy atom. The Kier molecular flexibility index (Phi) is 7.25. The third kappa shape index (κ3) is 5.50. The van der Waals surface area contributed by atoms with Gasteiger partial charge in [0.1, 0.15) is 17.9 Å². The minimum absolute atomic E-state index is 0.197. The molecule has 0 atom stereocenters. The van der Waals surface area contributed by atoms with Crippen LogP contribution in [0, 0.1) is 6.92 Å². The van der Waals surface area contributed by atoms with Crippen molar-refractivity contribution in [1.29, 1.82) is 0 Å². The second kappa shape index (κ2) is 10.7. The average Bonchev–Trinajstić information content (AvgIpc) is 2.86. The lowest BCUT2D eigenvalue weighted by Crippen LogP contribution is -2.54. The SMILES string of the molecule is CCOC(=O)c1ccc(N2C(=O)NC(=O)/C(=C\c3ccc(OCc4cccc(C)c4)cc3)C2=O)cc1. The summed E-state index contributed by atoms with van der Waals surface area (Å²) in [5.74, 6) is -1.44. The fourth-order valence-corrected chi connectivity index (χ4v) is 3.65. The second-order valence-electron chi connectivity index (χ2n) is 8.07. The van der Waals surface area contributed by atoms with Gasteiger partial charge in [-0.1, -0.05) is 42.0 Å². The molecule has 1 fully saturated rings. The van der Waals surface area contributed by atoms with Gasteiger partial charge in [0, 0.05) is 0 Å². The van der Waals surface area contributed by atoms with Crippen LogP contribution in [-0.4, -0.2) is 30.4 Å². The van der Waals surface area contributed by atoms with Crippen molar-refractivity contribution in [3.63, 3.8) is 0 Å². The molecule has 36 heavy (non-hydrogen) atoms. The second-order valence-corrected chi connectivity index (χ2v) is 8.07. The summed E-state index contributed by atoms with van der Waals surface area (Å²) in [4.78, 5) is 50.7. The van der Waals surface area contributed by atoms with E-state index in [1.165, 1.54) is 30.3 Å². The number of carbonyl (C=O) groups is 4. The van der Waals surface area contributed by atoms with Gasteiger partial charge in [-0.15, -0.1) is 0 Å². The van der Waals surface area contributed by atoms with Gasteiger partial charge in [-0.05, 0) is 67.4 Å². The standard InChI is InChI=1S/C28H24N2O6/c1-3-35-27(33)21-9-11-22(12-10-21)30-26(32)24(25(31)29-28(30)34)16-19-7-13-23(14-8-19)36-17-20-6-4-5-18(2)15-20/h4-16H,3,17H2,1-2H3,(H,29,31,34)/b24-16+. The molecule has 1 aliphatic heterocycles. The zero-order chi connectivity index (χ0) is 25.7. The van der Waals surface area contributed by atoms with E-state index < -0.39 is 23.8 Å². The van der Waals surface area contributed by atoms with Gasteiger partial charge < -0.3 is 9.47 Å². The highest BCUT2D eigenvalue weighted by molar-refractivity contribution is 6.39. The Labute approximate surface area is 208 Å². The zero-order valence-electron chi connectivity index (χ0n) is 19.8. The summed E-state index contributed by atoms with van der Waals surface area (Å²) < 4.78 is 10.8. The van der Waals surface area contributed by atoms with E-state index in [1.807, 2.05) is 31.2 Å². The van der Waals surface area contributed by atoms with Crippen LogP contribution in [0.2, 0.25) is 0 Å². The summed E-state index contributed by atoms with van der Waals surface area (Å²) in [5, 5.41) is 2.18. The number of anilines is 1. The quantitative estimate of drug-likeness (QED) is 0.303. The van der Waals surface area contributed by atoms with E-state index >= 15 is 0 Å². The number of nitrogens with zero attached hydrogens (tertiary/aromatic N) is 1. The summed E-state index contributed by atoms with van der Waals surface area (Å²) in [5.41, 5.74) is 3.08. The molecule has 8 heteroatoms. The molecule has 4 rings (SSSR count). The number of aryl methyl sites for hydroxylation is 1. The molecule has 0 bridgehead atoms. The molecule has 8 nitrogen and oxygen atoms in total. The molecule has 0 aliphatic carbocycles. The molecule has 0 radical (unpaired) electrons. The number of barbiturate groups is 1. The Bertz CT molecular complexity index is 1340. The molecule has 1 N–H and O–H groups in total. The molecule has 4 amide bonds. The first-order chi connectivity index (χ1) is 17.4. The van der Waals surface area contributed by atoms with E-state index in [0.717, 1.165) is 16.0 Å².